The third-order valence-electron chi connectivity index (χ3n) is 5.22. The molecule has 22 heavy (non-hydrogen) atoms. The van der Waals surface area contributed by atoms with E-state index in [0.29, 0.717) is 18.6 Å². The van der Waals surface area contributed by atoms with Crippen LogP contribution in [0.15, 0.2) is 21.6 Å². The van der Waals surface area contributed by atoms with Crippen molar-refractivity contribution >= 4 is 10.0 Å². The van der Waals surface area contributed by atoms with E-state index in [4.69, 9.17) is 4.42 Å². The number of nitrogens with zero attached hydrogens (tertiary/aromatic N) is 2. The summed E-state index contributed by atoms with van der Waals surface area (Å²) < 4.78 is 31.0. The topological polar surface area (TPSA) is 53.8 Å². The molecule has 0 aromatic carbocycles. The van der Waals surface area contributed by atoms with Gasteiger partial charge in [0.2, 0.25) is 5.09 Å². The summed E-state index contributed by atoms with van der Waals surface area (Å²) >= 11 is 0. The summed E-state index contributed by atoms with van der Waals surface area (Å²) in [5.74, 6) is 1.56. The van der Waals surface area contributed by atoms with Gasteiger partial charge in [-0.3, -0.25) is 4.90 Å². The molecule has 1 saturated heterocycles. The van der Waals surface area contributed by atoms with Crippen LogP contribution < -0.4 is 0 Å². The highest BCUT2D eigenvalue weighted by Crippen LogP contribution is 2.40. The summed E-state index contributed by atoms with van der Waals surface area (Å²) in [6, 6.07) is 4.57. The molecule has 5 nitrogen and oxygen atoms in total. The number of rotatable bonds is 4. The Morgan fingerprint density at radius 3 is 2.73 bits per heavy atom. The van der Waals surface area contributed by atoms with Crippen molar-refractivity contribution in [2.45, 2.75) is 62.7 Å². The van der Waals surface area contributed by atoms with Crippen LogP contribution in [0, 0.1) is 5.92 Å². The molecule has 1 aliphatic carbocycles. The third-order valence-corrected chi connectivity index (χ3v) is 6.90. The highest BCUT2D eigenvalue weighted by atomic mass is 32.2. The Morgan fingerprint density at radius 1 is 1.27 bits per heavy atom. The van der Waals surface area contributed by atoms with E-state index in [0.717, 1.165) is 11.7 Å². The van der Waals surface area contributed by atoms with Gasteiger partial charge in [0.1, 0.15) is 5.76 Å². The Labute approximate surface area is 133 Å². The normalized spacial score (nSPS) is 29.9. The maximum Gasteiger partial charge on any atom is 0.275 e. The first kappa shape index (κ1) is 16.0. The van der Waals surface area contributed by atoms with Gasteiger partial charge in [0.15, 0.2) is 0 Å². The largest absolute Gasteiger partial charge is 0.447 e. The second-order valence-corrected chi connectivity index (χ2v) is 8.96. The van der Waals surface area contributed by atoms with Gasteiger partial charge < -0.3 is 4.42 Å². The molecular weight excluding hydrogens is 300 g/mol. The van der Waals surface area contributed by atoms with Gasteiger partial charge in [-0.1, -0.05) is 12.8 Å². The molecule has 1 aromatic rings. The monoisotopic (exact) mass is 326 g/mol. The van der Waals surface area contributed by atoms with Gasteiger partial charge in [-0.15, -0.1) is 0 Å². The molecule has 2 heterocycles. The molecule has 1 saturated carbocycles. The summed E-state index contributed by atoms with van der Waals surface area (Å²) in [6.07, 6.45) is 6.52. The number of furan rings is 1. The molecule has 1 aromatic heterocycles. The van der Waals surface area contributed by atoms with Gasteiger partial charge in [0, 0.05) is 26.2 Å². The van der Waals surface area contributed by atoms with Gasteiger partial charge in [-0.2, -0.15) is 0 Å². The van der Waals surface area contributed by atoms with Crippen molar-refractivity contribution in [3.8, 4) is 0 Å². The van der Waals surface area contributed by atoms with E-state index >= 15 is 0 Å². The fourth-order valence-corrected chi connectivity index (χ4v) is 4.83. The van der Waals surface area contributed by atoms with Crippen LogP contribution in [0.2, 0.25) is 0 Å². The first-order valence-corrected chi connectivity index (χ1v) is 9.60. The van der Waals surface area contributed by atoms with Crippen molar-refractivity contribution in [3.05, 3.63) is 17.9 Å². The number of sulfonamides is 1. The zero-order valence-electron chi connectivity index (χ0n) is 13.7. The molecular formula is C16H26N2O3S. The van der Waals surface area contributed by atoms with Crippen LogP contribution >= 0.6 is 0 Å². The second kappa shape index (κ2) is 5.98. The van der Waals surface area contributed by atoms with E-state index in [9.17, 15) is 8.42 Å². The van der Waals surface area contributed by atoms with E-state index in [1.807, 2.05) is 0 Å². The first-order valence-electron chi connectivity index (χ1n) is 8.16. The van der Waals surface area contributed by atoms with Gasteiger partial charge in [-0.25, -0.2) is 12.7 Å². The summed E-state index contributed by atoms with van der Waals surface area (Å²) in [7, 11) is -0.437. The van der Waals surface area contributed by atoms with Gasteiger partial charge in [-0.05, 0) is 44.2 Å². The van der Waals surface area contributed by atoms with Crippen LogP contribution in [-0.4, -0.2) is 43.8 Å². The van der Waals surface area contributed by atoms with Crippen molar-refractivity contribution in [1.82, 2.24) is 9.21 Å². The lowest BCUT2D eigenvalue weighted by Crippen LogP contribution is -2.37. The lowest BCUT2D eigenvalue weighted by atomic mass is 9.85. The molecule has 3 atom stereocenters. The molecule has 0 N–H and O–H groups in total. The average molecular weight is 326 g/mol. The van der Waals surface area contributed by atoms with Crippen LogP contribution in [0.1, 0.15) is 44.8 Å². The van der Waals surface area contributed by atoms with Crippen molar-refractivity contribution in [2.75, 3.05) is 14.1 Å². The predicted octanol–water partition coefficient (Wildman–Crippen LogP) is 2.68. The average Bonchev–Trinajstić information content (AvgIpc) is 3.05. The third kappa shape index (κ3) is 2.84. The smallest absolute Gasteiger partial charge is 0.275 e. The number of hydrogen-bond donors (Lipinski definition) is 0. The van der Waals surface area contributed by atoms with Crippen molar-refractivity contribution in [2.24, 2.45) is 5.92 Å². The maximum absolute atomic E-state index is 12.1. The van der Waals surface area contributed by atoms with Crippen LogP contribution in [0.5, 0.6) is 0 Å². The molecule has 0 amide bonds. The van der Waals surface area contributed by atoms with Gasteiger partial charge >= 0.3 is 0 Å². The minimum Gasteiger partial charge on any atom is -0.447 e. The van der Waals surface area contributed by atoms with Crippen LogP contribution in [0.3, 0.4) is 0 Å². The zero-order valence-corrected chi connectivity index (χ0v) is 14.5. The second-order valence-electron chi connectivity index (χ2n) is 6.88. The number of hydrogen-bond acceptors (Lipinski definition) is 4. The Balaban J connectivity index is 1.75. The molecule has 0 unspecified atom stereocenters. The number of fused-ring (bicyclic) bond motifs is 1. The van der Waals surface area contributed by atoms with E-state index < -0.39 is 10.0 Å². The maximum atomic E-state index is 12.1. The SMILES string of the molecule is C[C@@H]1C[C@H]2CCCC[C@H]2N1Cc1ccc(S(=O)(=O)N(C)C)o1. The van der Waals surface area contributed by atoms with Crippen LogP contribution in [-0.2, 0) is 16.6 Å². The van der Waals surface area contributed by atoms with Crippen LogP contribution in [0.25, 0.3) is 0 Å². The van der Waals surface area contributed by atoms with Crippen molar-refractivity contribution in [1.29, 1.82) is 0 Å². The lowest BCUT2D eigenvalue weighted by Gasteiger charge is -2.32. The van der Waals surface area contributed by atoms with E-state index in [2.05, 4.69) is 11.8 Å². The Kier molecular flexibility index (Phi) is 4.36. The molecule has 0 radical (unpaired) electrons. The molecule has 2 fully saturated rings. The number of likely N-dealkylation sites (tertiary alicyclic amines) is 1. The molecule has 0 bridgehead atoms. The zero-order chi connectivity index (χ0) is 15.9. The standard InChI is InChI=1S/C16H26N2O3S/c1-12-10-13-6-4-5-7-15(13)18(12)11-14-8-9-16(21-14)22(19,20)17(2)3/h8-9,12-13,15H,4-7,10-11H2,1-3H3/t12-,13-,15-/m1/s1. The van der Waals surface area contributed by atoms with E-state index in [-0.39, 0.29) is 5.09 Å². The van der Waals surface area contributed by atoms with Gasteiger partial charge in [0.05, 0.1) is 6.54 Å². The highest BCUT2D eigenvalue weighted by molar-refractivity contribution is 7.88. The fraction of sp³-hybridized carbons (Fsp3) is 0.750. The Bertz CT molecular complexity index is 623. The first-order chi connectivity index (χ1) is 10.4. The van der Waals surface area contributed by atoms with Crippen molar-refractivity contribution in [3.63, 3.8) is 0 Å². The minimum atomic E-state index is -3.48. The molecule has 6 heteroatoms. The van der Waals surface area contributed by atoms with Crippen LogP contribution in [0.4, 0.5) is 0 Å². The molecule has 3 rings (SSSR count). The Morgan fingerprint density at radius 2 is 2.00 bits per heavy atom. The summed E-state index contributed by atoms with van der Waals surface area (Å²) in [5, 5.41) is 0.0412. The van der Waals surface area contributed by atoms with E-state index in [1.54, 1.807) is 12.1 Å². The molecule has 124 valence electrons. The quantitative estimate of drug-likeness (QED) is 0.853. The predicted molar refractivity (Wildman–Crippen MR) is 84.9 cm³/mol. The fourth-order valence-electron chi connectivity index (χ4n) is 4.01. The molecule has 1 aliphatic heterocycles. The minimum absolute atomic E-state index is 0.0412. The van der Waals surface area contributed by atoms with Gasteiger partial charge in [0.25, 0.3) is 10.0 Å². The molecule has 0 spiro atoms. The Hall–Kier alpha value is -0.850. The summed E-state index contributed by atoms with van der Waals surface area (Å²) in [4.78, 5) is 2.51. The summed E-state index contributed by atoms with van der Waals surface area (Å²) in [6.45, 7) is 2.99. The highest BCUT2D eigenvalue weighted by Gasteiger charge is 2.40. The van der Waals surface area contributed by atoms with E-state index in [1.165, 1.54) is 50.5 Å². The summed E-state index contributed by atoms with van der Waals surface area (Å²) in [5.41, 5.74) is 0. The van der Waals surface area contributed by atoms with Crippen molar-refractivity contribution < 1.29 is 12.8 Å². The molecule has 2 aliphatic rings. The lowest BCUT2D eigenvalue weighted by molar-refractivity contribution is 0.136.